The summed E-state index contributed by atoms with van der Waals surface area (Å²) in [5, 5.41) is 2.18. The van der Waals surface area contributed by atoms with Crippen molar-refractivity contribution >= 4 is 32.4 Å². The fraction of sp³-hybridized carbons (Fsp3) is 0.304. The van der Waals surface area contributed by atoms with E-state index in [1.807, 2.05) is 24.3 Å². The number of fused-ring (bicyclic) bond motifs is 2. The Morgan fingerprint density at radius 2 is 1.63 bits per heavy atom. The molecule has 0 bridgehead atoms. The molecule has 2 nitrogen and oxygen atoms in total. The van der Waals surface area contributed by atoms with Gasteiger partial charge in [0.2, 0.25) is 0 Å². The Morgan fingerprint density at radius 3 is 2.41 bits per heavy atom. The average molecular weight is 395 g/mol. The van der Waals surface area contributed by atoms with Crippen LogP contribution in [0.1, 0.15) is 18.4 Å². The van der Waals surface area contributed by atoms with Crippen molar-refractivity contribution in [3.63, 3.8) is 0 Å². The van der Waals surface area contributed by atoms with E-state index in [1.165, 1.54) is 16.3 Å². The van der Waals surface area contributed by atoms with Gasteiger partial charge in [-0.25, -0.2) is 8.42 Å². The topological polar surface area (TPSA) is 34.1 Å². The lowest BCUT2D eigenvalue weighted by molar-refractivity contribution is 0.556. The largest absolute Gasteiger partial charge is 0.223 e. The molecule has 0 aromatic heterocycles. The Hall–Kier alpha value is -1.78. The van der Waals surface area contributed by atoms with Crippen molar-refractivity contribution in [1.29, 1.82) is 0 Å². The molecule has 0 spiro atoms. The van der Waals surface area contributed by atoms with Gasteiger partial charge in [0, 0.05) is 10.7 Å². The molecule has 0 saturated heterocycles. The smallest absolute Gasteiger partial charge is 0.183 e. The minimum absolute atomic E-state index is 0.146. The minimum Gasteiger partial charge on any atom is -0.223 e. The van der Waals surface area contributed by atoms with Crippen LogP contribution in [0, 0.1) is 5.92 Å². The van der Waals surface area contributed by atoms with Gasteiger partial charge in [0.05, 0.1) is 10.1 Å². The molecular weight excluding hydrogens is 372 g/mol. The maximum absolute atomic E-state index is 13.7. The first-order valence-electron chi connectivity index (χ1n) is 9.39. The molecular formula is C23H22O2S2. The number of rotatable bonds is 4. The van der Waals surface area contributed by atoms with Crippen LogP contribution in [0.5, 0.6) is 0 Å². The monoisotopic (exact) mass is 394 g/mol. The van der Waals surface area contributed by atoms with Crippen molar-refractivity contribution in [2.24, 2.45) is 5.92 Å². The predicted octanol–water partition coefficient (Wildman–Crippen LogP) is 5.08. The fourth-order valence-electron chi connectivity index (χ4n) is 5.29. The Morgan fingerprint density at radius 1 is 0.926 bits per heavy atom. The molecule has 0 aliphatic heterocycles. The molecule has 0 radical (unpaired) electrons. The van der Waals surface area contributed by atoms with E-state index in [0.717, 1.165) is 12.8 Å². The van der Waals surface area contributed by atoms with E-state index < -0.39 is 9.84 Å². The third-order valence-electron chi connectivity index (χ3n) is 6.51. The van der Waals surface area contributed by atoms with E-state index in [-0.39, 0.29) is 15.9 Å². The zero-order chi connectivity index (χ0) is 18.6. The third-order valence-corrected chi connectivity index (χ3v) is 10.1. The molecule has 0 amide bonds. The summed E-state index contributed by atoms with van der Waals surface area (Å²) in [5.74, 6) is 0.462. The number of hydrogen-bond donors (Lipinski definition) is 0. The molecule has 0 N–H and O–H groups in total. The zero-order valence-electron chi connectivity index (χ0n) is 15.2. The summed E-state index contributed by atoms with van der Waals surface area (Å²) in [5.41, 5.74) is 0.982. The van der Waals surface area contributed by atoms with Gasteiger partial charge in [-0.1, -0.05) is 60.7 Å². The van der Waals surface area contributed by atoms with Crippen LogP contribution in [-0.2, 0) is 15.3 Å². The molecule has 4 heteroatoms. The van der Waals surface area contributed by atoms with Crippen LogP contribution in [0.15, 0.2) is 77.7 Å². The van der Waals surface area contributed by atoms with Crippen molar-refractivity contribution in [2.45, 2.75) is 33.7 Å². The van der Waals surface area contributed by atoms with Crippen LogP contribution in [-0.4, -0.2) is 25.2 Å². The predicted molar refractivity (Wildman–Crippen MR) is 113 cm³/mol. The number of sulfone groups is 1. The van der Waals surface area contributed by atoms with Crippen molar-refractivity contribution in [2.75, 3.05) is 6.26 Å². The van der Waals surface area contributed by atoms with Crippen LogP contribution in [0.2, 0.25) is 0 Å². The second kappa shape index (κ2) is 6.11. The lowest BCUT2D eigenvalue weighted by Gasteiger charge is -2.29. The normalized spacial score (nSPS) is 29.6. The highest BCUT2D eigenvalue weighted by Gasteiger charge is 2.70. The molecule has 2 aliphatic carbocycles. The maximum Gasteiger partial charge on any atom is 0.183 e. The fourth-order valence-corrected chi connectivity index (χ4v) is 9.29. The Bertz CT molecular complexity index is 1100. The van der Waals surface area contributed by atoms with Crippen molar-refractivity contribution in [3.05, 3.63) is 78.4 Å². The quantitative estimate of drug-likeness (QED) is 0.619. The Labute approximate surface area is 164 Å². The van der Waals surface area contributed by atoms with Gasteiger partial charge in [-0.05, 0) is 53.5 Å². The van der Waals surface area contributed by atoms with Crippen LogP contribution >= 0.6 is 11.8 Å². The molecule has 0 heterocycles. The van der Waals surface area contributed by atoms with Crippen molar-refractivity contribution in [1.82, 2.24) is 0 Å². The standard InChI is InChI=1S/C23H22O2S2/c1-26-21-14-17-15-23(17,20-13-7-9-16-8-5-6-12-19(16)20)22(21)27(24,25)18-10-3-2-4-11-18/h2-13,17,21-22H,14-15H2,1H3/t17-,21?,22?,23+/m1/s1. The van der Waals surface area contributed by atoms with Gasteiger partial charge in [-0.3, -0.25) is 0 Å². The van der Waals surface area contributed by atoms with E-state index in [0.29, 0.717) is 10.8 Å². The summed E-state index contributed by atoms with van der Waals surface area (Å²) in [6.45, 7) is 0. The van der Waals surface area contributed by atoms with Crippen molar-refractivity contribution in [3.8, 4) is 0 Å². The van der Waals surface area contributed by atoms with Crippen LogP contribution in [0.4, 0.5) is 0 Å². The summed E-state index contributed by atoms with van der Waals surface area (Å²) in [6.07, 6.45) is 4.02. The van der Waals surface area contributed by atoms with E-state index in [1.54, 1.807) is 23.9 Å². The SMILES string of the molecule is CSC1C[C@@H]2C[C@]2(c2cccc3ccccc23)C1S(=O)(=O)c1ccccc1. The molecule has 3 aromatic carbocycles. The molecule has 2 aliphatic rings. The first kappa shape index (κ1) is 17.3. The summed E-state index contributed by atoms with van der Waals surface area (Å²) < 4.78 is 27.5. The summed E-state index contributed by atoms with van der Waals surface area (Å²) >= 11 is 1.72. The van der Waals surface area contributed by atoms with Gasteiger partial charge in [0.25, 0.3) is 0 Å². The van der Waals surface area contributed by atoms with Crippen LogP contribution in [0.25, 0.3) is 10.8 Å². The number of thioether (sulfide) groups is 1. The van der Waals surface area contributed by atoms with E-state index in [4.69, 9.17) is 0 Å². The number of hydrogen-bond acceptors (Lipinski definition) is 3. The summed E-state index contributed by atoms with van der Waals surface area (Å²) in [6, 6.07) is 23.8. The third kappa shape index (κ3) is 2.43. The van der Waals surface area contributed by atoms with Gasteiger partial charge < -0.3 is 0 Å². The molecule has 3 aromatic rings. The molecule has 2 saturated carbocycles. The van der Waals surface area contributed by atoms with Crippen LogP contribution < -0.4 is 0 Å². The Kier molecular flexibility index (Phi) is 3.92. The minimum atomic E-state index is -3.40. The first-order chi connectivity index (χ1) is 13.1. The van der Waals surface area contributed by atoms with Gasteiger partial charge in [0.15, 0.2) is 9.84 Å². The number of benzene rings is 3. The van der Waals surface area contributed by atoms with E-state index >= 15 is 0 Å². The highest BCUT2D eigenvalue weighted by Crippen LogP contribution is 2.69. The highest BCUT2D eigenvalue weighted by atomic mass is 32.2. The Balaban J connectivity index is 1.72. The highest BCUT2D eigenvalue weighted by molar-refractivity contribution is 8.01. The van der Waals surface area contributed by atoms with Gasteiger partial charge >= 0.3 is 0 Å². The first-order valence-corrected chi connectivity index (χ1v) is 12.2. The second-order valence-corrected chi connectivity index (χ2v) is 10.9. The van der Waals surface area contributed by atoms with Crippen molar-refractivity contribution < 1.29 is 8.42 Å². The lowest BCUT2D eigenvalue weighted by Crippen LogP contribution is -2.39. The molecule has 2 unspecified atom stereocenters. The van der Waals surface area contributed by atoms with Crippen LogP contribution in [0.3, 0.4) is 0 Å². The average Bonchev–Trinajstić information content (AvgIpc) is 3.32. The van der Waals surface area contributed by atoms with E-state index in [2.05, 4.69) is 42.7 Å². The van der Waals surface area contributed by atoms with Gasteiger partial charge in [0.1, 0.15) is 0 Å². The maximum atomic E-state index is 13.7. The molecule has 4 atom stereocenters. The van der Waals surface area contributed by atoms with E-state index in [9.17, 15) is 8.42 Å². The summed E-state index contributed by atoms with van der Waals surface area (Å²) in [4.78, 5) is 0.459. The molecule has 138 valence electrons. The zero-order valence-corrected chi connectivity index (χ0v) is 16.8. The lowest BCUT2D eigenvalue weighted by atomic mass is 9.88. The molecule has 27 heavy (non-hydrogen) atoms. The van der Waals surface area contributed by atoms with Gasteiger partial charge in [-0.15, -0.1) is 0 Å². The van der Waals surface area contributed by atoms with Gasteiger partial charge in [-0.2, -0.15) is 11.8 Å². The molecule has 2 fully saturated rings. The second-order valence-electron chi connectivity index (χ2n) is 7.76. The summed E-state index contributed by atoms with van der Waals surface area (Å²) in [7, 11) is -3.40. The molecule has 5 rings (SSSR count).